The maximum atomic E-state index is 9.55. The summed E-state index contributed by atoms with van der Waals surface area (Å²) in [6.45, 7) is 1.72. The van der Waals surface area contributed by atoms with Crippen LogP contribution in [0.25, 0.3) is 0 Å². The summed E-state index contributed by atoms with van der Waals surface area (Å²) in [6, 6.07) is 3.26. The van der Waals surface area contributed by atoms with Crippen LogP contribution in [0.15, 0.2) is 22.1 Å². The first-order valence-electron chi connectivity index (χ1n) is 4.33. The van der Waals surface area contributed by atoms with Crippen LogP contribution < -0.4 is 17.2 Å². The Morgan fingerprint density at radius 2 is 1.94 bits per heavy atom. The number of aliphatic imine (C=N–C) groups is 2. The zero-order valence-electron chi connectivity index (χ0n) is 8.61. The summed E-state index contributed by atoms with van der Waals surface area (Å²) in [5, 5.41) is 9.66. The second-order valence-corrected chi connectivity index (χ2v) is 3.45. The lowest BCUT2D eigenvalue weighted by Gasteiger charge is -2.04. The van der Waals surface area contributed by atoms with Gasteiger partial charge in [0.15, 0.2) is 5.96 Å². The molecule has 0 saturated heterocycles. The Kier molecular flexibility index (Phi) is 3.57. The van der Waals surface area contributed by atoms with E-state index in [4.69, 9.17) is 28.8 Å². The minimum atomic E-state index is -0.200. The maximum Gasteiger partial charge on any atom is 0.223 e. The molecular formula is C9H12ClN5O. The molecule has 0 aliphatic heterocycles. The lowest BCUT2D eigenvalue weighted by Crippen LogP contribution is -2.26. The highest BCUT2D eigenvalue weighted by Crippen LogP contribution is 2.35. The van der Waals surface area contributed by atoms with E-state index in [2.05, 4.69) is 9.98 Å². The summed E-state index contributed by atoms with van der Waals surface area (Å²) >= 11 is 5.86. The van der Waals surface area contributed by atoms with Crippen molar-refractivity contribution in [3.8, 4) is 5.75 Å². The first-order chi connectivity index (χ1) is 7.41. The molecular weight excluding hydrogens is 230 g/mol. The highest BCUT2D eigenvalue weighted by molar-refractivity contribution is 6.34. The molecule has 0 atom stereocenters. The van der Waals surface area contributed by atoms with E-state index in [0.717, 1.165) is 0 Å². The highest BCUT2D eigenvalue weighted by Gasteiger charge is 2.07. The van der Waals surface area contributed by atoms with E-state index >= 15 is 0 Å². The molecule has 0 aromatic heterocycles. The maximum absolute atomic E-state index is 9.55. The Hall–Kier alpha value is -1.95. The molecule has 0 aliphatic rings. The molecule has 1 aromatic rings. The Morgan fingerprint density at radius 3 is 2.50 bits per heavy atom. The third-order valence-electron chi connectivity index (χ3n) is 1.78. The van der Waals surface area contributed by atoms with Gasteiger partial charge in [0.1, 0.15) is 10.8 Å². The topological polar surface area (TPSA) is 123 Å². The van der Waals surface area contributed by atoms with Crippen LogP contribution in [0, 0.1) is 6.92 Å². The lowest BCUT2D eigenvalue weighted by molar-refractivity contribution is 0.471. The van der Waals surface area contributed by atoms with Crippen LogP contribution in [0.3, 0.4) is 0 Å². The number of hydrogen-bond acceptors (Lipinski definition) is 2. The number of phenolic OH excluding ortho intramolecular Hbond substituents is 1. The van der Waals surface area contributed by atoms with Crippen LogP contribution in [-0.2, 0) is 0 Å². The first kappa shape index (κ1) is 12.1. The van der Waals surface area contributed by atoms with Crippen molar-refractivity contribution in [1.29, 1.82) is 0 Å². The average Bonchev–Trinajstić information content (AvgIpc) is 2.18. The molecule has 0 spiro atoms. The van der Waals surface area contributed by atoms with Gasteiger partial charge in [0.05, 0.1) is 5.69 Å². The van der Waals surface area contributed by atoms with Crippen molar-refractivity contribution >= 4 is 29.2 Å². The summed E-state index contributed by atoms with van der Waals surface area (Å²) in [5.41, 5.74) is 16.6. The zero-order valence-corrected chi connectivity index (χ0v) is 9.36. The summed E-state index contributed by atoms with van der Waals surface area (Å²) in [7, 11) is 0. The van der Waals surface area contributed by atoms with Crippen molar-refractivity contribution in [2.24, 2.45) is 27.2 Å². The molecule has 1 rings (SSSR count). The number of aromatic hydroxyl groups is 1. The quantitative estimate of drug-likeness (QED) is 0.424. The number of hydrogen-bond donors (Lipinski definition) is 4. The fourth-order valence-electron chi connectivity index (χ4n) is 1.02. The standard InChI is InChI=1S/C9H12ClN5O/c1-4-2-3-5(6(10)7(4)16)14-9(13)15-8(11)12/h2-3,16H,1H3,(H6,11,12,13,14,15). The van der Waals surface area contributed by atoms with Gasteiger partial charge in [0.25, 0.3) is 0 Å². The van der Waals surface area contributed by atoms with Gasteiger partial charge in [0.2, 0.25) is 5.96 Å². The molecule has 16 heavy (non-hydrogen) atoms. The third-order valence-corrected chi connectivity index (χ3v) is 2.15. The van der Waals surface area contributed by atoms with E-state index in [1.165, 1.54) is 0 Å². The fourth-order valence-corrected chi connectivity index (χ4v) is 1.27. The molecule has 0 aliphatic carbocycles. The lowest BCUT2D eigenvalue weighted by atomic mass is 10.2. The van der Waals surface area contributed by atoms with Crippen LogP contribution in [0.5, 0.6) is 5.75 Å². The van der Waals surface area contributed by atoms with E-state index < -0.39 is 0 Å². The predicted octanol–water partition coefficient (Wildman–Crippen LogP) is 0.574. The average molecular weight is 242 g/mol. The molecule has 0 saturated carbocycles. The second kappa shape index (κ2) is 4.71. The molecule has 0 amide bonds. The third kappa shape index (κ3) is 2.77. The predicted molar refractivity (Wildman–Crippen MR) is 64.9 cm³/mol. The van der Waals surface area contributed by atoms with Gasteiger partial charge in [-0.1, -0.05) is 17.7 Å². The number of halogens is 1. The Balaban J connectivity index is 3.17. The molecule has 0 radical (unpaired) electrons. The number of guanidine groups is 2. The smallest absolute Gasteiger partial charge is 0.223 e. The molecule has 7 N–H and O–H groups in total. The molecule has 0 bridgehead atoms. The van der Waals surface area contributed by atoms with Gasteiger partial charge in [-0.15, -0.1) is 0 Å². The number of rotatable bonds is 1. The zero-order chi connectivity index (χ0) is 12.3. The number of phenols is 1. The van der Waals surface area contributed by atoms with Crippen molar-refractivity contribution in [2.75, 3.05) is 0 Å². The Morgan fingerprint density at radius 1 is 1.31 bits per heavy atom. The van der Waals surface area contributed by atoms with E-state index in [-0.39, 0.29) is 22.7 Å². The van der Waals surface area contributed by atoms with Gasteiger partial charge in [-0.05, 0) is 18.6 Å². The van der Waals surface area contributed by atoms with Crippen molar-refractivity contribution in [1.82, 2.24) is 0 Å². The molecule has 0 fully saturated rings. The number of nitrogens with two attached hydrogens (primary N) is 3. The summed E-state index contributed by atoms with van der Waals surface area (Å²) in [4.78, 5) is 7.38. The van der Waals surface area contributed by atoms with E-state index in [0.29, 0.717) is 11.3 Å². The normalized spacial score (nSPS) is 11.2. The molecule has 86 valence electrons. The van der Waals surface area contributed by atoms with Crippen molar-refractivity contribution in [3.05, 3.63) is 22.7 Å². The largest absolute Gasteiger partial charge is 0.506 e. The van der Waals surface area contributed by atoms with Crippen LogP contribution in [0.1, 0.15) is 5.56 Å². The van der Waals surface area contributed by atoms with Crippen molar-refractivity contribution in [3.63, 3.8) is 0 Å². The molecule has 6 nitrogen and oxygen atoms in total. The molecule has 7 heteroatoms. The summed E-state index contributed by atoms with van der Waals surface area (Å²) in [5.74, 6) is -0.376. The van der Waals surface area contributed by atoms with Gasteiger partial charge in [-0.25, -0.2) is 4.99 Å². The number of benzene rings is 1. The van der Waals surface area contributed by atoms with Crippen LogP contribution in [0.4, 0.5) is 5.69 Å². The van der Waals surface area contributed by atoms with E-state index in [1.54, 1.807) is 19.1 Å². The van der Waals surface area contributed by atoms with Gasteiger partial charge in [-0.3, -0.25) is 0 Å². The van der Waals surface area contributed by atoms with Gasteiger partial charge >= 0.3 is 0 Å². The van der Waals surface area contributed by atoms with Gasteiger partial charge in [0, 0.05) is 0 Å². The highest BCUT2D eigenvalue weighted by atomic mass is 35.5. The minimum Gasteiger partial charge on any atom is -0.506 e. The minimum absolute atomic E-state index is 0.0413. The van der Waals surface area contributed by atoms with Crippen molar-refractivity contribution in [2.45, 2.75) is 6.92 Å². The molecule has 1 aromatic carbocycles. The summed E-state index contributed by atoms with van der Waals surface area (Å²) < 4.78 is 0. The SMILES string of the molecule is Cc1ccc(N=C(N)N=C(N)N)c(Cl)c1O. The van der Waals surface area contributed by atoms with E-state index in [1.807, 2.05) is 0 Å². The number of nitrogens with zero attached hydrogens (tertiary/aromatic N) is 2. The van der Waals surface area contributed by atoms with Crippen LogP contribution in [-0.4, -0.2) is 17.0 Å². The fraction of sp³-hybridized carbons (Fsp3) is 0.111. The number of aryl methyl sites for hydroxylation is 1. The van der Waals surface area contributed by atoms with E-state index in [9.17, 15) is 5.11 Å². The van der Waals surface area contributed by atoms with Gasteiger partial charge in [-0.2, -0.15) is 4.99 Å². The summed E-state index contributed by atoms with van der Waals surface area (Å²) in [6.07, 6.45) is 0. The monoisotopic (exact) mass is 241 g/mol. The molecule has 0 unspecified atom stereocenters. The Bertz CT molecular complexity index is 465. The van der Waals surface area contributed by atoms with Crippen LogP contribution >= 0.6 is 11.6 Å². The van der Waals surface area contributed by atoms with Crippen molar-refractivity contribution < 1.29 is 5.11 Å². The Labute approximate surface area is 97.4 Å². The van der Waals surface area contributed by atoms with Gasteiger partial charge < -0.3 is 22.3 Å². The van der Waals surface area contributed by atoms with Crippen LogP contribution in [0.2, 0.25) is 5.02 Å². The molecule has 0 heterocycles. The second-order valence-electron chi connectivity index (χ2n) is 3.07. The first-order valence-corrected chi connectivity index (χ1v) is 4.71.